The molecule has 0 aliphatic carbocycles. The van der Waals surface area contributed by atoms with Gasteiger partial charge < -0.3 is 10.2 Å². The van der Waals surface area contributed by atoms with Crippen molar-refractivity contribution in [3.05, 3.63) is 93.5 Å². The Balaban J connectivity index is 2.12. The average Bonchev–Trinajstić information content (AvgIpc) is 2.87. The van der Waals surface area contributed by atoms with E-state index in [1.165, 1.54) is 29.2 Å². The molecule has 0 saturated heterocycles. The quantitative estimate of drug-likeness (QED) is 0.280. The lowest BCUT2D eigenvalue weighted by Crippen LogP contribution is -2.55. The zero-order valence-electron chi connectivity index (χ0n) is 24.2. The third-order valence-electron chi connectivity index (χ3n) is 6.38. The van der Waals surface area contributed by atoms with E-state index < -0.39 is 34.1 Å². The Morgan fingerprint density at radius 3 is 2.17 bits per heavy atom. The number of hydrogen-bond donors (Lipinski definition) is 1. The molecule has 220 valence electrons. The highest BCUT2D eigenvalue weighted by Gasteiger charge is 2.35. The van der Waals surface area contributed by atoms with Gasteiger partial charge in [-0.3, -0.25) is 13.9 Å². The van der Waals surface area contributed by atoms with Gasteiger partial charge in [0.1, 0.15) is 12.6 Å². The maximum Gasteiger partial charge on any atom is 0.264 e. The van der Waals surface area contributed by atoms with Gasteiger partial charge in [-0.1, -0.05) is 77.7 Å². The van der Waals surface area contributed by atoms with Crippen LogP contribution in [0.5, 0.6) is 0 Å². The van der Waals surface area contributed by atoms with Crippen molar-refractivity contribution in [1.82, 2.24) is 10.2 Å². The van der Waals surface area contributed by atoms with E-state index in [1.807, 2.05) is 65.8 Å². The summed E-state index contributed by atoms with van der Waals surface area (Å²) >= 11 is 12.7. The normalized spacial score (nSPS) is 12.5. The maximum absolute atomic E-state index is 14.2. The lowest BCUT2D eigenvalue weighted by atomic mass is 10.0. The molecule has 3 rings (SSSR count). The fraction of sp³-hybridized carbons (Fsp3) is 0.355. The van der Waals surface area contributed by atoms with Gasteiger partial charge >= 0.3 is 0 Å². The fourth-order valence-corrected chi connectivity index (χ4v) is 6.27. The van der Waals surface area contributed by atoms with Crippen molar-refractivity contribution in [1.29, 1.82) is 0 Å². The summed E-state index contributed by atoms with van der Waals surface area (Å²) in [6, 6.07) is 17.5. The number of aryl methyl sites for hydroxylation is 2. The lowest BCUT2D eigenvalue weighted by Gasteiger charge is -2.35. The standard InChI is InChI=1S/C31H37Cl2N3O4S/c1-7-27(30(38)34-31(4,5)6)35(19-23-10-8-9-22(3)17-23)29(37)20-36(28-18-24(32)13-16-26(28)33)41(39,40)25-14-11-21(2)12-15-25/h8-18,27H,7,19-20H2,1-6H3,(H,34,38)/t27-/m1/s1. The van der Waals surface area contributed by atoms with E-state index in [9.17, 15) is 18.0 Å². The van der Waals surface area contributed by atoms with E-state index in [-0.39, 0.29) is 33.1 Å². The molecular formula is C31H37Cl2N3O4S. The van der Waals surface area contributed by atoms with Crippen LogP contribution in [0.2, 0.25) is 10.0 Å². The minimum Gasteiger partial charge on any atom is -0.350 e. The first-order valence-electron chi connectivity index (χ1n) is 13.3. The summed E-state index contributed by atoms with van der Waals surface area (Å²) in [5.74, 6) is -0.885. The number of anilines is 1. The highest BCUT2D eigenvalue weighted by atomic mass is 35.5. The third-order valence-corrected chi connectivity index (χ3v) is 8.71. The molecule has 1 atom stereocenters. The van der Waals surface area contributed by atoms with Crippen molar-refractivity contribution in [3.63, 3.8) is 0 Å². The van der Waals surface area contributed by atoms with Crippen molar-refractivity contribution < 1.29 is 18.0 Å². The number of hydrogen-bond acceptors (Lipinski definition) is 4. The van der Waals surface area contributed by atoms with Gasteiger partial charge in [-0.05, 0) is 76.9 Å². The van der Waals surface area contributed by atoms with Crippen molar-refractivity contribution in [3.8, 4) is 0 Å². The number of nitrogens with one attached hydrogen (secondary N) is 1. The molecular weight excluding hydrogens is 581 g/mol. The van der Waals surface area contributed by atoms with E-state index in [4.69, 9.17) is 23.2 Å². The van der Waals surface area contributed by atoms with Crippen LogP contribution in [0.3, 0.4) is 0 Å². The van der Waals surface area contributed by atoms with Crippen LogP contribution in [0.15, 0.2) is 71.6 Å². The Labute approximate surface area is 253 Å². The second-order valence-corrected chi connectivity index (χ2v) is 13.8. The number of sulfonamides is 1. The predicted molar refractivity (Wildman–Crippen MR) is 166 cm³/mol. The van der Waals surface area contributed by atoms with Gasteiger partial charge in [0.15, 0.2) is 0 Å². The van der Waals surface area contributed by atoms with E-state index >= 15 is 0 Å². The first-order valence-corrected chi connectivity index (χ1v) is 15.5. The molecule has 1 N–H and O–H groups in total. The Hall–Kier alpha value is -3.07. The fourth-order valence-electron chi connectivity index (χ4n) is 4.41. The largest absolute Gasteiger partial charge is 0.350 e. The minimum absolute atomic E-state index is 0.00491. The zero-order valence-corrected chi connectivity index (χ0v) is 26.6. The molecule has 0 aliphatic rings. The molecule has 0 aliphatic heterocycles. The zero-order chi connectivity index (χ0) is 30.5. The van der Waals surface area contributed by atoms with Gasteiger partial charge in [-0.2, -0.15) is 0 Å². The molecule has 3 aromatic rings. The Morgan fingerprint density at radius 1 is 0.927 bits per heavy atom. The van der Waals surface area contributed by atoms with Gasteiger partial charge in [0.2, 0.25) is 11.8 Å². The molecule has 0 unspecified atom stereocenters. The predicted octanol–water partition coefficient (Wildman–Crippen LogP) is 6.53. The molecule has 0 aromatic heterocycles. The van der Waals surface area contributed by atoms with Crippen molar-refractivity contribution in [2.24, 2.45) is 0 Å². The number of rotatable bonds is 10. The number of halogens is 2. The van der Waals surface area contributed by atoms with Gasteiger partial charge in [0, 0.05) is 17.1 Å². The first-order chi connectivity index (χ1) is 19.1. The highest BCUT2D eigenvalue weighted by molar-refractivity contribution is 7.92. The van der Waals surface area contributed by atoms with Crippen molar-refractivity contribution >= 4 is 50.7 Å². The molecule has 2 amide bonds. The number of carbonyl (C=O) groups is 2. The third kappa shape index (κ3) is 8.47. The summed E-state index contributed by atoms with van der Waals surface area (Å²) < 4.78 is 29.0. The number of amides is 2. The smallest absolute Gasteiger partial charge is 0.264 e. The Bertz CT molecular complexity index is 1500. The number of carbonyl (C=O) groups excluding carboxylic acids is 2. The van der Waals surface area contributed by atoms with E-state index in [0.29, 0.717) is 6.42 Å². The number of benzene rings is 3. The number of nitrogens with zero attached hydrogens (tertiary/aromatic N) is 2. The summed E-state index contributed by atoms with van der Waals surface area (Å²) in [4.78, 5) is 29.0. The molecule has 0 saturated carbocycles. The van der Waals surface area contributed by atoms with Crippen LogP contribution in [0.1, 0.15) is 50.8 Å². The summed E-state index contributed by atoms with van der Waals surface area (Å²) in [7, 11) is -4.26. The van der Waals surface area contributed by atoms with Crippen LogP contribution in [0.25, 0.3) is 0 Å². The first kappa shape index (κ1) is 32.4. The molecule has 0 fully saturated rings. The second-order valence-electron chi connectivity index (χ2n) is 11.1. The molecule has 0 radical (unpaired) electrons. The monoisotopic (exact) mass is 617 g/mol. The SMILES string of the molecule is CC[C@H](C(=O)NC(C)(C)C)N(Cc1cccc(C)c1)C(=O)CN(c1cc(Cl)ccc1Cl)S(=O)(=O)c1ccc(C)cc1. The molecule has 0 heterocycles. The second kappa shape index (κ2) is 13.3. The van der Waals surface area contributed by atoms with Gasteiger partial charge in [-0.25, -0.2) is 8.42 Å². The molecule has 3 aromatic carbocycles. The Morgan fingerprint density at radius 2 is 1.59 bits per heavy atom. The van der Waals surface area contributed by atoms with Crippen molar-refractivity contribution in [2.45, 2.75) is 71.0 Å². The van der Waals surface area contributed by atoms with E-state index in [0.717, 1.165) is 21.0 Å². The van der Waals surface area contributed by atoms with E-state index in [2.05, 4.69) is 5.32 Å². The van der Waals surface area contributed by atoms with Gasteiger partial charge in [-0.15, -0.1) is 0 Å². The molecule has 0 bridgehead atoms. The van der Waals surface area contributed by atoms with Crippen LogP contribution in [-0.2, 0) is 26.2 Å². The van der Waals surface area contributed by atoms with Crippen LogP contribution in [0, 0.1) is 13.8 Å². The summed E-state index contributed by atoms with van der Waals surface area (Å²) in [6.45, 7) is 10.7. The Kier molecular flexibility index (Phi) is 10.5. The molecule has 41 heavy (non-hydrogen) atoms. The average molecular weight is 619 g/mol. The van der Waals surface area contributed by atoms with Crippen molar-refractivity contribution in [2.75, 3.05) is 10.8 Å². The summed E-state index contributed by atoms with van der Waals surface area (Å²) in [5, 5.41) is 3.33. The topological polar surface area (TPSA) is 86.8 Å². The van der Waals surface area contributed by atoms with Crippen LogP contribution >= 0.6 is 23.2 Å². The van der Waals surface area contributed by atoms with Gasteiger partial charge in [0.25, 0.3) is 10.0 Å². The summed E-state index contributed by atoms with van der Waals surface area (Å²) in [5.41, 5.74) is 2.23. The van der Waals surface area contributed by atoms with Crippen LogP contribution < -0.4 is 9.62 Å². The summed E-state index contributed by atoms with van der Waals surface area (Å²) in [6.07, 6.45) is 0.322. The highest BCUT2D eigenvalue weighted by Crippen LogP contribution is 2.33. The van der Waals surface area contributed by atoms with Gasteiger partial charge in [0.05, 0.1) is 15.6 Å². The lowest BCUT2D eigenvalue weighted by molar-refractivity contribution is -0.141. The molecule has 10 heteroatoms. The molecule has 7 nitrogen and oxygen atoms in total. The maximum atomic E-state index is 14.2. The minimum atomic E-state index is -4.26. The van der Waals surface area contributed by atoms with E-state index in [1.54, 1.807) is 18.2 Å². The molecule has 0 spiro atoms. The van der Waals surface area contributed by atoms with Crippen LogP contribution in [-0.4, -0.2) is 43.3 Å². The van der Waals surface area contributed by atoms with Crippen LogP contribution in [0.4, 0.5) is 5.69 Å².